The Morgan fingerprint density at radius 1 is 1.30 bits per heavy atom. The number of nitrogens with zero attached hydrogens (tertiary/aromatic N) is 1. The van der Waals surface area contributed by atoms with E-state index in [1.807, 2.05) is 0 Å². The monoisotopic (exact) mass is 397 g/mol. The molecule has 1 aromatic rings. The minimum Gasteiger partial charge on any atom is -0.495 e. The summed E-state index contributed by atoms with van der Waals surface area (Å²) in [7, 11) is -2.19. The van der Waals surface area contributed by atoms with Gasteiger partial charge < -0.3 is 20.5 Å². The Hall–Kier alpha value is -1.68. The van der Waals surface area contributed by atoms with Crippen molar-refractivity contribution in [3.8, 4) is 5.75 Å². The Bertz CT molecular complexity index is 771. The van der Waals surface area contributed by atoms with Gasteiger partial charge in [0.15, 0.2) is 0 Å². The van der Waals surface area contributed by atoms with Gasteiger partial charge in [-0.15, -0.1) is 0 Å². The Balaban J connectivity index is 1.74. The van der Waals surface area contributed by atoms with Crippen LogP contribution in [0, 0.1) is 5.92 Å². The summed E-state index contributed by atoms with van der Waals surface area (Å²) in [6.45, 7) is 2.26. The molecule has 150 valence electrons. The van der Waals surface area contributed by atoms with E-state index in [0.717, 1.165) is 25.7 Å². The molecular formula is C18H27N3O5S. The van der Waals surface area contributed by atoms with Crippen molar-refractivity contribution in [2.24, 2.45) is 11.7 Å². The predicted molar refractivity (Wildman–Crippen MR) is 101 cm³/mol. The number of nitrogens with two attached hydrogens (primary N) is 1. The Labute approximate surface area is 160 Å². The fraction of sp³-hybridized carbons (Fsp3) is 0.611. The fourth-order valence-corrected chi connectivity index (χ4v) is 5.19. The molecule has 2 aliphatic heterocycles. The quantitative estimate of drug-likeness (QED) is 0.745. The molecule has 1 aromatic carbocycles. The summed E-state index contributed by atoms with van der Waals surface area (Å²) in [5.74, 6) is -0.00564. The molecule has 0 spiro atoms. The normalized spacial score (nSPS) is 20.4. The second kappa shape index (κ2) is 8.55. The number of benzene rings is 1. The van der Waals surface area contributed by atoms with E-state index in [9.17, 15) is 13.2 Å². The number of hydrogen-bond acceptors (Lipinski definition) is 6. The van der Waals surface area contributed by atoms with Crippen LogP contribution in [-0.2, 0) is 19.6 Å². The minimum atomic E-state index is -3.60. The molecule has 27 heavy (non-hydrogen) atoms. The summed E-state index contributed by atoms with van der Waals surface area (Å²) in [5.41, 5.74) is 6.55. The smallest absolute Gasteiger partial charge is 0.246 e. The van der Waals surface area contributed by atoms with Gasteiger partial charge in [0, 0.05) is 38.1 Å². The van der Waals surface area contributed by atoms with E-state index in [1.54, 1.807) is 6.07 Å². The van der Waals surface area contributed by atoms with Crippen LogP contribution in [0.4, 0.5) is 5.69 Å². The second-order valence-electron chi connectivity index (χ2n) is 6.94. The largest absolute Gasteiger partial charge is 0.495 e. The van der Waals surface area contributed by atoms with Gasteiger partial charge >= 0.3 is 0 Å². The summed E-state index contributed by atoms with van der Waals surface area (Å²) in [6.07, 6.45) is 3.23. The van der Waals surface area contributed by atoms with Gasteiger partial charge in [0.05, 0.1) is 13.2 Å². The Kier molecular flexibility index (Phi) is 6.36. The van der Waals surface area contributed by atoms with Crippen molar-refractivity contribution in [3.05, 3.63) is 18.2 Å². The highest BCUT2D eigenvalue weighted by molar-refractivity contribution is 7.89. The molecule has 9 heteroatoms. The first-order valence-corrected chi connectivity index (χ1v) is 10.7. The summed E-state index contributed by atoms with van der Waals surface area (Å²) < 4.78 is 37.6. The highest BCUT2D eigenvalue weighted by Gasteiger charge is 2.31. The number of methoxy groups -OCH3 is 1. The van der Waals surface area contributed by atoms with Crippen molar-refractivity contribution in [2.75, 3.05) is 38.7 Å². The molecule has 0 radical (unpaired) electrons. The van der Waals surface area contributed by atoms with Crippen molar-refractivity contribution in [2.45, 2.75) is 36.6 Å². The van der Waals surface area contributed by atoms with E-state index in [-0.39, 0.29) is 22.5 Å². The third-order valence-corrected chi connectivity index (χ3v) is 7.13. The molecule has 3 rings (SSSR count). The molecule has 1 amide bonds. The zero-order valence-corrected chi connectivity index (χ0v) is 16.3. The fourth-order valence-electron chi connectivity index (χ4n) is 3.54. The van der Waals surface area contributed by atoms with E-state index in [2.05, 4.69) is 5.32 Å². The third kappa shape index (κ3) is 4.43. The van der Waals surface area contributed by atoms with Crippen LogP contribution in [0.3, 0.4) is 0 Å². The lowest BCUT2D eigenvalue weighted by molar-refractivity contribution is -0.119. The van der Waals surface area contributed by atoms with Gasteiger partial charge in [-0.1, -0.05) is 0 Å². The lowest BCUT2D eigenvalue weighted by Gasteiger charge is -2.26. The molecular weight excluding hydrogens is 370 g/mol. The molecule has 0 bridgehead atoms. The summed E-state index contributed by atoms with van der Waals surface area (Å²) in [6, 6.07) is 3.94. The number of carbonyl (C=O) groups excluding carboxylic acids is 1. The molecule has 2 saturated heterocycles. The van der Waals surface area contributed by atoms with Crippen molar-refractivity contribution in [1.29, 1.82) is 0 Å². The Morgan fingerprint density at radius 3 is 2.59 bits per heavy atom. The maximum Gasteiger partial charge on any atom is 0.246 e. The zero-order valence-electron chi connectivity index (χ0n) is 15.5. The van der Waals surface area contributed by atoms with Crippen molar-refractivity contribution in [1.82, 2.24) is 4.31 Å². The average molecular weight is 397 g/mol. The number of carbonyl (C=O) groups is 1. The highest BCUT2D eigenvalue weighted by Crippen LogP contribution is 2.31. The van der Waals surface area contributed by atoms with Gasteiger partial charge in [-0.05, 0) is 43.7 Å². The van der Waals surface area contributed by atoms with Gasteiger partial charge in [0.1, 0.15) is 10.6 Å². The first-order valence-electron chi connectivity index (χ1n) is 9.26. The number of anilines is 1. The maximum atomic E-state index is 12.8. The summed E-state index contributed by atoms with van der Waals surface area (Å²) >= 11 is 0. The van der Waals surface area contributed by atoms with Gasteiger partial charge in [0.25, 0.3) is 0 Å². The predicted octanol–water partition coefficient (Wildman–Crippen LogP) is 1.17. The molecule has 2 heterocycles. The lowest BCUT2D eigenvalue weighted by Crippen LogP contribution is -2.44. The van der Waals surface area contributed by atoms with Crippen LogP contribution >= 0.6 is 0 Å². The number of ether oxygens (including phenoxy) is 2. The molecule has 8 nitrogen and oxygen atoms in total. The first-order chi connectivity index (χ1) is 12.9. The van der Waals surface area contributed by atoms with Crippen molar-refractivity contribution >= 4 is 21.6 Å². The standard InChI is InChI=1S/C18H27N3O5S/c1-25-15-12-14(20-18(22)17(19)13-6-10-26-11-7-13)4-5-16(15)27(23,24)21-8-2-3-9-21/h4-5,12-13,17H,2-3,6-11,19H2,1H3,(H,20,22). The highest BCUT2D eigenvalue weighted by atomic mass is 32.2. The molecule has 0 saturated carbocycles. The van der Waals surface area contributed by atoms with Crippen LogP contribution in [0.15, 0.2) is 23.1 Å². The number of amides is 1. The van der Waals surface area contributed by atoms with E-state index in [0.29, 0.717) is 32.0 Å². The van der Waals surface area contributed by atoms with Crippen molar-refractivity contribution in [3.63, 3.8) is 0 Å². The van der Waals surface area contributed by atoms with Gasteiger partial charge in [-0.2, -0.15) is 4.31 Å². The van der Waals surface area contributed by atoms with Crippen LogP contribution in [0.2, 0.25) is 0 Å². The van der Waals surface area contributed by atoms with Crippen molar-refractivity contribution < 1.29 is 22.7 Å². The zero-order chi connectivity index (χ0) is 19.4. The Morgan fingerprint density at radius 2 is 1.96 bits per heavy atom. The van der Waals surface area contributed by atoms with E-state index in [1.165, 1.54) is 23.5 Å². The number of hydrogen-bond donors (Lipinski definition) is 2. The third-order valence-electron chi connectivity index (χ3n) is 5.19. The number of nitrogens with one attached hydrogen (secondary N) is 1. The topological polar surface area (TPSA) is 111 Å². The summed E-state index contributed by atoms with van der Waals surface area (Å²) in [4.78, 5) is 12.6. The van der Waals surface area contributed by atoms with Gasteiger partial charge in [-0.3, -0.25) is 4.79 Å². The number of rotatable bonds is 6. The molecule has 2 fully saturated rings. The summed E-state index contributed by atoms with van der Waals surface area (Å²) in [5, 5.41) is 2.77. The average Bonchev–Trinajstić information content (AvgIpc) is 3.23. The molecule has 2 aliphatic rings. The molecule has 1 atom stereocenters. The molecule has 1 unspecified atom stereocenters. The van der Waals surface area contributed by atoms with E-state index in [4.69, 9.17) is 15.2 Å². The van der Waals surface area contributed by atoms with Gasteiger partial charge in [0.2, 0.25) is 15.9 Å². The lowest BCUT2D eigenvalue weighted by atomic mass is 9.92. The number of sulfonamides is 1. The minimum absolute atomic E-state index is 0.0791. The van der Waals surface area contributed by atoms with Crippen LogP contribution in [0.5, 0.6) is 5.75 Å². The van der Waals surface area contributed by atoms with Crippen LogP contribution < -0.4 is 15.8 Å². The molecule has 0 aromatic heterocycles. The van der Waals surface area contributed by atoms with Crippen LogP contribution in [0.25, 0.3) is 0 Å². The maximum absolute atomic E-state index is 12.8. The van der Waals surface area contributed by atoms with Crippen LogP contribution in [-0.4, -0.2) is 58.1 Å². The molecule has 3 N–H and O–H groups in total. The molecule has 0 aliphatic carbocycles. The van der Waals surface area contributed by atoms with E-state index < -0.39 is 16.1 Å². The second-order valence-corrected chi connectivity index (χ2v) is 8.85. The first kappa shape index (κ1) is 20.1. The van der Waals surface area contributed by atoms with E-state index >= 15 is 0 Å². The SMILES string of the molecule is COc1cc(NC(=O)C(N)C2CCOCC2)ccc1S(=O)(=O)N1CCCC1. The van der Waals surface area contributed by atoms with Crippen LogP contribution in [0.1, 0.15) is 25.7 Å². The van der Waals surface area contributed by atoms with Gasteiger partial charge in [-0.25, -0.2) is 8.42 Å².